The zero-order valence-electron chi connectivity index (χ0n) is 14.6. The van der Waals surface area contributed by atoms with Crippen molar-refractivity contribution >= 4 is 55.0 Å². The second kappa shape index (κ2) is 8.58. The molecule has 0 atom stereocenters. The van der Waals surface area contributed by atoms with Gasteiger partial charge in [-0.3, -0.25) is 4.79 Å². The van der Waals surface area contributed by atoms with Gasteiger partial charge in [-0.05, 0) is 64.8 Å². The van der Waals surface area contributed by atoms with Crippen LogP contribution < -0.4 is 14.9 Å². The maximum atomic E-state index is 12.2. The number of rotatable bonds is 6. The van der Waals surface area contributed by atoms with E-state index in [1.807, 2.05) is 25.1 Å². The van der Waals surface area contributed by atoms with Crippen molar-refractivity contribution in [3.63, 3.8) is 0 Å². The van der Waals surface area contributed by atoms with Gasteiger partial charge in [-0.2, -0.15) is 5.10 Å². The number of hydrogen-bond donors (Lipinski definition) is 1. The van der Waals surface area contributed by atoms with Crippen LogP contribution in [0.1, 0.15) is 23.0 Å². The van der Waals surface area contributed by atoms with E-state index in [-0.39, 0.29) is 5.76 Å². The van der Waals surface area contributed by atoms with E-state index in [1.54, 1.807) is 25.3 Å². The number of carbonyl (C=O) groups excluding carboxylic acids is 1. The lowest BCUT2D eigenvalue weighted by atomic mass is 10.2. The van der Waals surface area contributed by atoms with Crippen molar-refractivity contribution in [3.05, 3.63) is 56.7 Å². The van der Waals surface area contributed by atoms with E-state index in [2.05, 4.69) is 42.4 Å². The summed E-state index contributed by atoms with van der Waals surface area (Å²) in [5, 5.41) is 4.82. The molecule has 0 bridgehead atoms. The van der Waals surface area contributed by atoms with Crippen LogP contribution in [0.5, 0.6) is 11.5 Å². The van der Waals surface area contributed by atoms with Gasteiger partial charge in [-0.1, -0.05) is 15.9 Å². The van der Waals surface area contributed by atoms with Crippen LogP contribution in [0, 0.1) is 0 Å². The highest BCUT2D eigenvalue weighted by Crippen LogP contribution is 2.36. The van der Waals surface area contributed by atoms with Crippen LogP contribution in [-0.4, -0.2) is 25.8 Å². The second-order valence-corrected chi connectivity index (χ2v) is 7.23. The first-order valence-corrected chi connectivity index (χ1v) is 9.63. The van der Waals surface area contributed by atoms with Gasteiger partial charge in [0.15, 0.2) is 17.3 Å². The number of carbonyl (C=O) groups is 1. The Morgan fingerprint density at radius 2 is 2.07 bits per heavy atom. The molecule has 1 heterocycles. The number of methoxy groups -OCH3 is 1. The predicted molar refractivity (Wildman–Crippen MR) is 111 cm³/mol. The fourth-order valence-electron chi connectivity index (χ4n) is 2.47. The minimum absolute atomic E-state index is 0.186. The van der Waals surface area contributed by atoms with Crippen molar-refractivity contribution in [2.24, 2.45) is 5.10 Å². The molecule has 3 rings (SSSR count). The molecule has 0 radical (unpaired) electrons. The van der Waals surface area contributed by atoms with Gasteiger partial charge in [0, 0.05) is 9.86 Å². The van der Waals surface area contributed by atoms with E-state index in [0.717, 1.165) is 19.9 Å². The highest BCUT2D eigenvalue weighted by Gasteiger charge is 2.13. The Morgan fingerprint density at radius 3 is 2.81 bits per heavy atom. The molecule has 0 aliphatic carbocycles. The van der Waals surface area contributed by atoms with Gasteiger partial charge >= 0.3 is 5.91 Å². The first-order valence-electron chi connectivity index (χ1n) is 8.04. The number of benzene rings is 2. The number of amides is 1. The zero-order chi connectivity index (χ0) is 19.4. The molecule has 0 unspecified atom stereocenters. The topological polar surface area (TPSA) is 73.1 Å². The first-order chi connectivity index (χ1) is 13.0. The lowest BCUT2D eigenvalue weighted by molar-refractivity contribution is 0.0929. The van der Waals surface area contributed by atoms with Crippen LogP contribution in [0.25, 0.3) is 11.0 Å². The third-order valence-corrected chi connectivity index (χ3v) is 4.70. The SMILES string of the molecule is CCOc1cc(/C=N/NC(=O)c2cc3cc(Br)ccc3o2)cc(Br)c1OC. The number of nitrogens with zero attached hydrogens (tertiary/aromatic N) is 1. The van der Waals surface area contributed by atoms with E-state index in [9.17, 15) is 4.79 Å². The van der Waals surface area contributed by atoms with Crippen LogP contribution in [0.2, 0.25) is 0 Å². The molecule has 3 aromatic rings. The van der Waals surface area contributed by atoms with Crippen molar-refractivity contribution in [2.45, 2.75) is 6.92 Å². The third-order valence-electron chi connectivity index (χ3n) is 3.62. The quantitative estimate of drug-likeness (QED) is 0.380. The Labute approximate surface area is 172 Å². The van der Waals surface area contributed by atoms with Crippen molar-refractivity contribution < 1.29 is 18.7 Å². The fraction of sp³-hybridized carbons (Fsp3) is 0.158. The van der Waals surface area contributed by atoms with Gasteiger partial charge in [-0.25, -0.2) is 5.43 Å². The standard InChI is InChI=1S/C19H16Br2N2O4/c1-3-26-16-7-11(6-14(21)18(16)25-2)10-22-23-19(24)17-9-12-8-13(20)4-5-15(12)27-17/h4-10H,3H2,1-2H3,(H,23,24)/b22-10+. The summed E-state index contributed by atoms with van der Waals surface area (Å²) < 4.78 is 18.1. The predicted octanol–water partition coefficient (Wildman–Crippen LogP) is 5.13. The Bertz CT molecular complexity index is 1010. The van der Waals surface area contributed by atoms with Gasteiger partial charge in [0.2, 0.25) is 0 Å². The smallest absolute Gasteiger partial charge is 0.307 e. The normalized spacial score (nSPS) is 11.1. The lowest BCUT2D eigenvalue weighted by Gasteiger charge is -2.11. The molecule has 140 valence electrons. The molecule has 8 heteroatoms. The number of hydrogen-bond acceptors (Lipinski definition) is 5. The van der Waals surface area contributed by atoms with Crippen LogP contribution in [0.4, 0.5) is 0 Å². The Morgan fingerprint density at radius 1 is 1.26 bits per heavy atom. The van der Waals surface area contributed by atoms with Gasteiger partial charge < -0.3 is 13.9 Å². The molecule has 1 aromatic heterocycles. The summed E-state index contributed by atoms with van der Waals surface area (Å²) in [7, 11) is 1.57. The van der Waals surface area contributed by atoms with Crippen LogP contribution in [0.3, 0.4) is 0 Å². The molecular formula is C19H16Br2N2O4. The molecule has 0 fully saturated rings. The second-order valence-electron chi connectivity index (χ2n) is 5.46. The minimum Gasteiger partial charge on any atom is -0.492 e. The number of furan rings is 1. The highest BCUT2D eigenvalue weighted by molar-refractivity contribution is 9.10. The summed E-state index contributed by atoms with van der Waals surface area (Å²) in [6.07, 6.45) is 1.52. The minimum atomic E-state index is -0.434. The first kappa shape index (κ1) is 19.4. The van der Waals surface area contributed by atoms with Gasteiger partial charge in [0.25, 0.3) is 0 Å². The maximum Gasteiger partial charge on any atom is 0.307 e. The molecule has 6 nitrogen and oxygen atoms in total. The molecule has 1 amide bonds. The van der Waals surface area contributed by atoms with E-state index < -0.39 is 5.91 Å². The van der Waals surface area contributed by atoms with E-state index in [4.69, 9.17) is 13.9 Å². The van der Waals surface area contributed by atoms with Crippen molar-refractivity contribution in [2.75, 3.05) is 13.7 Å². The summed E-state index contributed by atoms with van der Waals surface area (Å²) in [5.74, 6) is 0.943. The number of fused-ring (bicyclic) bond motifs is 1. The molecule has 0 aliphatic rings. The Hall–Kier alpha value is -2.32. The average molecular weight is 496 g/mol. The van der Waals surface area contributed by atoms with E-state index in [1.165, 1.54) is 6.21 Å². The Kier molecular flexibility index (Phi) is 6.18. The highest BCUT2D eigenvalue weighted by atomic mass is 79.9. The number of nitrogens with one attached hydrogen (secondary N) is 1. The lowest BCUT2D eigenvalue weighted by Crippen LogP contribution is -2.16. The summed E-state index contributed by atoms with van der Waals surface area (Å²) in [6.45, 7) is 2.39. The summed E-state index contributed by atoms with van der Waals surface area (Å²) in [5.41, 5.74) is 3.83. The third kappa shape index (κ3) is 4.51. The van der Waals surface area contributed by atoms with Crippen molar-refractivity contribution in [1.29, 1.82) is 0 Å². The maximum absolute atomic E-state index is 12.2. The zero-order valence-corrected chi connectivity index (χ0v) is 17.8. The Balaban J connectivity index is 1.75. The summed E-state index contributed by atoms with van der Waals surface area (Å²) in [4.78, 5) is 12.2. The number of hydrazone groups is 1. The van der Waals surface area contributed by atoms with Crippen LogP contribution in [-0.2, 0) is 0 Å². The van der Waals surface area contributed by atoms with Crippen LogP contribution >= 0.6 is 31.9 Å². The van der Waals surface area contributed by atoms with E-state index >= 15 is 0 Å². The van der Waals surface area contributed by atoms with Crippen molar-refractivity contribution in [3.8, 4) is 11.5 Å². The molecule has 0 spiro atoms. The van der Waals surface area contributed by atoms with Gasteiger partial charge in [-0.15, -0.1) is 0 Å². The molecular weight excluding hydrogens is 480 g/mol. The van der Waals surface area contributed by atoms with Gasteiger partial charge in [0.05, 0.1) is 24.4 Å². The molecule has 1 N–H and O–H groups in total. The molecule has 2 aromatic carbocycles. The van der Waals surface area contributed by atoms with E-state index in [0.29, 0.717) is 23.7 Å². The molecule has 0 saturated carbocycles. The fourth-order valence-corrected chi connectivity index (χ4v) is 3.47. The van der Waals surface area contributed by atoms with Gasteiger partial charge in [0.1, 0.15) is 5.58 Å². The number of ether oxygens (including phenoxy) is 2. The summed E-state index contributed by atoms with van der Waals surface area (Å²) >= 11 is 6.83. The largest absolute Gasteiger partial charge is 0.492 e. The van der Waals surface area contributed by atoms with Crippen LogP contribution in [0.15, 0.2) is 54.9 Å². The molecule has 27 heavy (non-hydrogen) atoms. The number of halogens is 2. The molecule has 0 aliphatic heterocycles. The average Bonchev–Trinajstić information content (AvgIpc) is 3.05. The van der Waals surface area contributed by atoms with Crippen molar-refractivity contribution in [1.82, 2.24) is 5.43 Å². The summed E-state index contributed by atoms with van der Waals surface area (Å²) in [6, 6.07) is 10.8. The monoisotopic (exact) mass is 494 g/mol. The molecule has 0 saturated heterocycles.